The topological polar surface area (TPSA) is 87.8 Å². The lowest BCUT2D eigenvalue weighted by Crippen LogP contribution is -2.60. The molecule has 0 bridgehead atoms. The highest BCUT2D eigenvalue weighted by molar-refractivity contribution is 5.91. The van der Waals surface area contributed by atoms with Gasteiger partial charge in [-0.3, -0.25) is 14.6 Å². The summed E-state index contributed by atoms with van der Waals surface area (Å²) in [7, 11) is 2.18. The Balaban J connectivity index is 1.25. The van der Waals surface area contributed by atoms with Crippen molar-refractivity contribution in [2.24, 2.45) is 0 Å². The maximum Gasteiger partial charge on any atom is 0.219 e. The van der Waals surface area contributed by atoms with Gasteiger partial charge in [-0.25, -0.2) is 4.98 Å². The molecule has 3 saturated heterocycles. The van der Waals surface area contributed by atoms with Gasteiger partial charge < -0.3 is 14.2 Å². The number of carbonyl (C=O) groups excluding carboxylic acids is 1. The molecular weight excluding hydrogens is 480 g/mol. The normalized spacial score (nSPS) is 30.7. The number of piperazine rings is 1. The van der Waals surface area contributed by atoms with E-state index in [0.717, 1.165) is 88.2 Å². The highest BCUT2D eigenvalue weighted by atomic mass is 16.5. The fraction of sp³-hybridized carbons (Fsp3) is 0.724. The average molecular weight is 521 g/mol. The number of rotatable bonds is 5. The van der Waals surface area contributed by atoms with Crippen molar-refractivity contribution in [1.29, 1.82) is 0 Å². The lowest BCUT2D eigenvalue weighted by molar-refractivity contribution is -0.127. The van der Waals surface area contributed by atoms with Gasteiger partial charge in [0.1, 0.15) is 23.4 Å². The Labute approximate surface area is 224 Å². The zero-order valence-electron chi connectivity index (χ0n) is 22.8. The molecule has 3 aliphatic heterocycles. The van der Waals surface area contributed by atoms with Crippen LogP contribution in [0.25, 0.3) is 11.6 Å². The van der Waals surface area contributed by atoms with Crippen molar-refractivity contribution in [3.63, 3.8) is 0 Å². The van der Waals surface area contributed by atoms with Gasteiger partial charge in [0, 0.05) is 56.3 Å². The van der Waals surface area contributed by atoms with Crippen molar-refractivity contribution < 1.29 is 14.1 Å². The molecular formula is C29H40N6O3. The molecule has 2 aliphatic carbocycles. The number of hydrogen-bond acceptors (Lipinski definition) is 9. The predicted octanol–water partition coefficient (Wildman–Crippen LogP) is 3.60. The SMILES string of the molecule is C[C@H](Oc1cc(N2CCN3CCC3C2)nc(-c2onc3c2CCC[C@@]32CCCCC2=O)n1)[C@@H]1CCCN1C. The van der Waals surface area contributed by atoms with Crippen LogP contribution < -0.4 is 9.64 Å². The number of Topliss-reactive ketones (excluding diaryl/α,β-unsaturated/α-hetero) is 1. The Hall–Kier alpha value is -2.52. The van der Waals surface area contributed by atoms with Crippen LogP contribution in [0.1, 0.15) is 76.0 Å². The summed E-state index contributed by atoms with van der Waals surface area (Å²) < 4.78 is 12.6. The molecule has 0 amide bonds. The number of anilines is 1. The molecule has 5 heterocycles. The van der Waals surface area contributed by atoms with Crippen LogP contribution in [0.5, 0.6) is 5.88 Å². The van der Waals surface area contributed by atoms with E-state index in [4.69, 9.17) is 19.2 Å². The van der Waals surface area contributed by atoms with Crippen molar-refractivity contribution in [2.45, 2.75) is 94.7 Å². The molecule has 0 N–H and O–H groups in total. The van der Waals surface area contributed by atoms with Crippen molar-refractivity contribution in [2.75, 3.05) is 44.7 Å². The van der Waals surface area contributed by atoms with Gasteiger partial charge in [0.2, 0.25) is 17.5 Å². The Morgan fingerprint density at radius 3 is 2.71 bits per heavy atom. The van der Waals surface area contributed by atoms with Gasteiger partial charge in [-0.05, 0) is 71.9 Å². The molecule has 2 aromatic heterocycles. The maximum absolute atomic E-state index is 13.2. The summed E-state index contributed by atoms with van der Waals surface area (Å²) in [5.74, 6) is 2.98. The predicted molar refractivity (Wildman–Crippen MR) is 144 cm³/mol. The van der Waals surface area contributed by atoms with Crippen LogP contribution in [0.3, 0.4) is 0 Å². The van der Waals surface area contributed by atoms with Crippen LogP contribution in [-0.4, -0.2) is 88.7 Å². The van der Waals surface area contributed by atoms with Gasteiger partial charge in [-0.15, -0.1) is 0 Å². The van der Waals surface area contributed by atoms with Gasteiger partial charge in [0.05, 0.1) is 5.41 Å². The van der Waals surface area contributed by atoms with E-state index in [1.54, 1.807) is 0 Å². The summed E-state index contributed by atoms with van der Waals surface area (Å²) in [5, 5.41) is 4.55. The Bertz CT molecular complexity index is 1210. The van der Waals surface area contributed by atoms with E-state index in [-0.39, 0.29) is 6.10 Å². The Kier molecular flexibility index (Phi) is 6.19. The number of likely N-dealkylation sites (N-methyl/N-ethyl adjacent to an activating group) is 1. The Morgan fingerprint density at radius 1 is 1.05 bits per heavy atom. The van der Waals surface area contributed by atoms with Gasteiger partial charge in [-0.1, -0.05) is 11.6 Å². The number of fused-ring (bicyclic) bond motifs is 3. The summed E-state index contributed by atoms with van der Waals surface area (Å²) in [6, 6.07) is 3.00. The molecule has 1 spiro atoms. The summed E-state index contributed by atoms with van der Waals surface area (Å²) in [5.41, 5.74) is 1.40. The van der Waals surface area contributed by atoms with Crippen LogP contribution in [0.15, 0.2) is 10.6 Å². The first-order chi connectivity index (χ1) is 18.5. The number of likely N-dealkylation sites (tertiary alicyclic amines) is 1. The second-order valence-corrected chi connectivity index (χ2v) is 12.2. The van der Waals surface area contributed by atoms with Crippen molar-refractivity contribution in [3.8, 4) is 17.5 Å². The minimum absolute atomic E-state index is 0.0216. The van der Waals surface area contributed by atoms with E-state index in [2.05, 4.69) is 33.8 Å². The molecule has 9 heteroatoms. The van der Waals surface area contributed by atoms with Crippen LogP contribution in [0.4, 0.5) is 5.82 Å². The summed E-state index contributed by atoms with van der Waals surface area (Å²) in [6.45, 7) is 7.44. The first-order valence-electron chi connectivity index (χ1n) is 14.8. The monoisotopic (exact) mass is 520 g/mol. The largest absolute Gasteiger partial charge is 0.473 e. The fourth-order valence-corrected chi connectivity index (χ4v) is 7.72. The van der Waals surface area contributed by atoms with Crippen molar-refractivity contribution >= 4 is 11.6 Å². The number of carbonyl (C=O) groups is 1. The van der Waals surface area contributed by atoms with Crippen molar-refractivity contribution in [3.05, 3.63) is 17.3 Å². The zero-order valence-corrected chi connectivity index (χ0v) is 22.8. The molecule has 2 aromatic rings. The molecule has 1 saturated carbocycles. The lowest BCUT2D eigenvalue weighted by Gasteiger charge is -2.48. The van der Waals surface area contributed by atoms with E-state index in [1.807, 2.05) is 6.07 Å². The molecule has 38 heavy (non-hydrogen) atoms. The zero-order chi connectivity index (χ0) is 25.9. The van der Waals surface area contributed by atoms with Gasteiger partial charge in [-0.2, -0.15) is 4.98 Å². The van der Waals surface area contributed by atoms with Crippen LogP contribution >= 0.6 is 0 Å². The van der Waals surface area contributed by atoms with E-state index in [9.17, 15) is 4.79 Å². The number of hydrogen-bond donors (Lipinski definition) is 0. The van der Waals surface area contributed by atoms with Crippen molar-refractivity contribution in [1.82, 2.24) is 24.9 Å². The third-order valence-corrected chi connectivity index (χ3v) is 10.1. The standard InChI is InChI=1S/C29H40N6O3/c1-19(22-8-6-13-33(22)2)37-25-17-24(35-16-15-34-14-10-20(34)18-35)30-28(31-25)26-21-7-5-12-29(27(21)32-38-26)11-4-3-9-23(29)36/h17,19-20,22H,3-16,18H2,1-2H3/t19-,20?,22-,29+/m0/s1. The molecule has 0 aromatic carbocycles. The second kappa shape index (κ2) is 9.59. The molecule has 9 nitrogen and oxygen atoms in total. The molecule has 4 atom stereocenters. The lowest BCUT2D eigenvalue weighted by atomic mass is 9.64. The molecule has 1 unspecified atom stereocenters. The summed E-state index contributed by atoms with van der Waals surface area (Å²) >= 11 is 0. The fourth-order valence-electron chi connectivity index (χ4n) is 7.72. The molecule has 5 aliphatic rings. The maximum atomic E-state index is 13.2. The quantitative estimate of drug-likeness (QED) is 0.587. The third kappa shape index (κ3) is 4.04. The molecule has 0 radical (unpaired) electrons. The van der Waals surface area contributed by atoms with Crippen LogP contribution in [0, 0.1) is 0 Å². The highest BCUT2D eigenvalue weighted by Gasteiger charge is 2.48. The van der Waals surface area contributed by atoms with Gasteiger partial charge >= 0.3 is 0 Å². The Morgan fingerprint density at radius 2 is 1.95 bits per heavy atom. The third-order valence-electron chi connectivity index (χ3n) is 10.1. The highest BCUT2D eigenvalue weighted by Crippen LogP contribution is 2.47. The number of ether oxygens (including phenoxy) is 1. The van der Waals surface area contributed by atoms with Gasteiger partial charge in [0.15, 0.2) is 0 Å². The molecule has 4 fully saturated rings. The number of nitrogens with zero attached hydrogens (tertiary/aromatic N) is 6. The van der Waals surface area contributed by atoms with E-state index < -0.39 is 5.41 Å². The molecule has 204 valence electrons. The van der Waals surface area contributed by atoms with Crippen LogP contribution in [-0.2, 0) is 16.6 Å². The van der Waals surface area contributed by atoms with Crippen LogP contribution in [0.2, 0.25) is 0 Å². The van der Waals surface area contributed by atoms with E-state index in [0.29, 0.717) is 41.8 Å². The smallest absolute Gasteiger partial charge is 0.219 e. The van der Waals surface area contributed by atoms with E-state index in [1.165, 1.54) is 19.4 Å². The summed E-state index contributed by atoms with van der Waals surface area (Å²) in [4.78, 5) is 30.5. The second-order valence-electron chi connectivity index (χ2n) is 12.2. The average Bonchev–Trinajstić information content (AvgIpc) is 3.53. The summed E-state index contributed by atoms with van der Waals surface area (Å²) in [6.07, 6.45) is 9.85. The minimum Gasteiger partial charge on any atom is -0.473 e. The number of ketones is 1. The van der Waals surface area contributed by atoms with E-state index >= 15 is 0 Å². The number of aromatic nitrogens is 3. The minimum atomic E-state index is -0.480. The molecule has 7 rings (SSSR count). The first-order valence-corrected chi connectivity index (χ1v) is 14.8. The van der Waals surface area contributed by atoms with Gasteiger partial charge in [0.25, 0.3) is 0 Å². The first kappa shape index (κ1) is 24.5.